The van der Waals surface area contributed by atoms with Gasteiger partial charge in [-0.1, -0.05) is 54.6 Å². The van der Waals surface area contributed by atoms with E-state index in [0.29, 0.717) is 11.5 Å². The van der Waals surface area contributed by atoms with Crippen LogP contribution in [0, 0.1) is 0 Å². The van der Waals surface area contributed by atoms with Crippen molar-refractivity contribution >= 4 is 16.7 Å². The fraction of sp³-hybridized carbons (Fsp3) is 0.150. The number of carboxylic acids is 1. The molecule has 1 atom stereocenters. The monoisotopic (exact) mass is 322 g/mol. The third kappa shape index (κ3) is 3.33. The van der Waals surface area contributed by atoms with Crippen molar-refractivity contribution in [3.63, 3.8) is 0 Å². The molecule has 4 nitrogen and oxygen atoms in total. The fourth-order valence-corrected chi connectivity index (χ4v) is 2.70. The summed E-state index contributed by atoms with van der Waals surface area (Å²) >= 11 is 0. The second kappa shape index (κ2) is 7.04. The molecule has 1 unspecified atom stereocenters. The molecule has 0 aliphatic carbocycles. The Morgan fingerprint density at radius 3 is 2.42 bits per heavy atom. The first kappa shape index (κ1) is 15.9. The van der Waals surface area contributed by atoms with Crippen LogP contribution in [0.4, 0.5) is 0 Å². The van der Waals surface area contributed by atoms with Crippen LogP contribution in [0.2, 0.25) is 0 Å². The molecule has 0 saturated heterocycles. The van der Waals surface area contributed by atoms with E-state index in [1.807, 2.05) is 60.7 Å². The highest BCUT2D eigenvalue weighted by Gasteiger charge is 2.22. The van der Waals surface area contributed by atoms with Gasteiger partial charge in [-0.2, -0.15) is 0 Å². The van der Waals surface area contributed by atoms with E-state index in [-0.39, 0.29) is 6.42 Å². The molecular formula is C20H18O4. The zero-order chi connectivity index (χ0) is 16.9. The van der Waals surface area contributed by atoms with Gasteiger partial charge in [-0.25, -0.2) is 4.79 Å². The molecule has 0 bridgehead atoms. The van der Waals surface area contributed by atoms with Crippen molar-refractivity contribution in [1.29, 1.82) is 0 Å². The highest BCUT2D eigenvalue weighted by Crippen LogP contribution is 2.27. The lowest BCUT2D eigenvalue weighted by atomic mass is 10.1. The SMILES string of the molecule is COc1ccccc1CC(Oc1cccc2ccccc12)C(=O)O. The van der Waals surface area contributed by atoms with Gasteiger partial charge in [0.05, 0.1) is 7.11 Å². The van der Waals surface area contributed by atoms with E-state index >= 15 is 0 Å². The summed E-state index contributed by atoms with van der Waals surface area (Å²) < 4.78 is 11.1. The van der Waals surface area contributed by atoms with Crippen LogP contribution in [0.15, 0.2) is 66.7 Å². The maximum atomic E-state index is 11.7. The van der Waals surface area contributed by atoms with Gasteiger partial charge in [0.25, 0.3) is 0 Å². The van der Waals surface area contributed by atoms with E-state index in [0.717, 1.165) is 16.3 Å². The molecule has 3 aromatic rings. The lowest BCUT2D eigenvalue weighted by Crippen LogP contribution is -2.29. The minimum atomic E-state index is -1.01. The summed E-state index contributed by atoms with van der Waals surface area (Å²) in [5.41, 5.74) is 0.799. The summed E-state index contributed by atoms with van der Waals surface area (Å²) in [5.74, 6) is 0.217. The predicted octanol–water partition coefficient (Wildman–Crippen LogP) is 3.92. The Labute approximate surface area is 140 Å². The molecule has 0 saturated carbocycles. The van der Waals surface area contributed by atoms with Gasteiger partial charge in [0.1, 0.15) is 11.5 Å². The standard InChI is InChI=1S/C20H18O4/c1-23-17-11-5-3-8-15(17)13-19(20(21)22)24-18-12-6-9-14-7-2-4-10-16(14)18/h2-12,19H,13H2,1H3,(H,21,22). The second-order valence-corrected chi connectivity index (χ2v) is 5.44. The number of para-hydroxylation sites is 1. The van der Waals surface area contributed by atoms with Crippen LogP contribution in [-0.2, 0) is 11.2 Å². The van der Waals surface area contributed by atoms with Crippen molar-refractivity contribution in [2.75, 3.05) is 7.11 Å². The molecule has 0 amide bonds. The van der Waals surface area contributed by atoms with Gasteiger partial charge < -0.3 is 14.6 Å². The van der Waals surface area contributed by atoms with E-state index < -0.39 is 12.1 Å². The van der Waals surface area contributed by atoms with E-state index in [2.05, 4.69) is 0 Å². The molecule has 3 rings (SSSR count). The fourth-order valence-electron chi connectivity index (χ4n) is 2.70. The molecule has 0 spiro atoms. The quantitative estimate of drug-likeness (QED) is 0.747. The van der Waals surface area contributed by atoms with Gasteiger partial charge in [-0.15, -0.1) is 0 Å². The lowest BCUT2D eigenvalue weighted by molar-refractivity contribution is -0.144. The first-order valence-corrected chi connectivity index (χ1v) is 7.68. The zero-order valence-corrected chi connectivity index (χ0v) is 13.3. The lowest BCUT2D eigenvalue weighted by Gasteiger charge is -2.18. The van der Waals surface area contributed by atoms with Crippen LogP contribution in [0.25, 0.3) is 10.8 Å². The van der Waals surface area contributed by atoms with E-state index in [4.69, 9.17) is 9.47 Å². The third-order valence-corrected chi connectivity index (χ3v) is 3.89. The molecule has 0 radical (unpaired) electrons. The van der Waals surface area contributed by atoms with Gasteiger partial charge in [0, 0.05) is 11.8 Å². The van der Waals surface area contributed by atoms with Gasteiger partial charge >= 0.3 is 5.97 Å². The number of carbonyl (C=O) groups is 1. The minimum Gasteiger partial charge on any atom is -0.496 e. The van der Waals surface area contributed by atoms with Gasteiger partial charge in [0.15, 0.2) is 6.10 Å². The molecular weight excluding hydrogens is 304 g/mol. The number of hydrogen-bond acceptors (Lipinski definition) is 3. The van der Waals surface area contributed by atoms with Crippen LogP contribution >= 0.6 is 0 Å². The number of fused-ring (bicyclic) bond motifs is 1. The van der Waals surface area contributed by atoms with Crippen molar-refractivity contribution in [2.24, 2.45) is 0 Å². The topological polar surface area (TPSA) is 55.8 Å². The first-order chi connectivity index (χ1) is 11.7. The predicted molar refractivity (Wildman–Crippen MR) is 92.7 cm³/mol. The molecule has 0 aliphatic rings. The average molecular weight is 322 g/mol. The van der Waals surface area contributed by atoms with Crippen molar-refractivity contribution in [2.45, 2.75) is 12.5 Å². The Balaban J connectivity index is 1.90. The normalized spacial score (nSPS) is 11.9. The molecule has 4 heteroatoms. The second-order valence-electron chi connectivity index (χ2n) is 5.44. The zero-order valence-electron chi connectivity index (χ0n) is 13.3. The molecule has 1 N–H and O–H groups in total. The van der Waals surface area contributed by atoms with E-state index in [9.17, 15) is 9.90 Å². The maximum absolute atomic E-state index is 11.7. The summed E-state index contributed by atoms with van der Waals surface area (Å²) in [6, 6.07) is 20.7. The Morgan fingerprint density at radius 1 is 0.958 bits per heavy atom. The molecule has 0 fully saturated rings. The van der Waals surface area contributed by atoms with Crippen LogP contribution in [0.5, 0.6) is 11.5 Å². The Kier molecular flexibility index (Phi) is 4.66. The largest absolute Gasteiger partial charge is 0.496 e. The Hall–Kier alpha value is -3.01. The summed E-state index contributed by atoms with van der Waals surface area (Å²) in [5, 5.41) is 11.5. The molecule has 3 aromatic carbocycles. The number of carboxylic acid groups (broad SMARTS) is 1. The smallest absolute Gasteiger partial charge is 0.345 e. The van der Waals surface area contributed by atoms with Gasteiger partial charge in [-0.05, 0) is 23.1 Å². The molecule has 0 aromatic heterocycles. The highest BCUT2D eigenvalue weighted by atomic mass is 16.5. The van der Waals surface area contributed by atoms with E-state index in [1.165, 1.54) is 0 Å². The molecule has 0 heterocycles. The summed E-state index contributed by atoms with van der Waals surface area (Å²) in [4.78, 5) is 11.7. The van der Waals surface area contributed by atoms with Crippen LogP contribution in [0.3, 0.4) is 0 Å². The summed E-state index contributed by atoms with van der Waals surface area (Å²) in [7, 11) is 1.57. The summed E-state index contributed by atoms with van der Waals surface area (Å²) in [6.45, 7) is 0. The highest BCUT2D eigenvalue weighted by molar-refractivity contribution is 5.88. The van der Waals surface area contributed by atoms with E-state index in [1.54, 1.807) is 13.2 Å². The number of aliphatic carboxylic acids is 1. The van der Waals surface area contributed by atoms with Crippen LogP contribution in [-0.4, -0.2) is 24.3 Å². The van der Waals surface area contributed by atoms with Crippen LogP contribution < -0.4 is 9.47 Å². The number of ether oxygens (including phenoxy) is 2. The average Bonchev–Trinajstić information content (AvgIpc) is 2.61. The third-order valence-electron chi connectivity index (χ3n) is 3.89. The van der Waals surface area contributed by atoms with Gasteiger partial charge in [0.2, 0.25) is 0 Å². The molecule has 0 aliphatic heterocycles. The number of rotatable bonds is 6. The molecule has 24 heavy (non-hydrogen) atoms. The molecule has 122 valence electrons. The number of methoxy groups -OCH3 is 1. The maximum Gasteiger partial charge on any atom is 0.345 e. The van der Waals surface area contributed by atoms with Crippen molar-refractivity contribution in [1.82, 2.24) is 0 Å². The Bertz CT molecular complexity index is 852. The Morgan fingerprint density at radius 2 is 1.62 bits per heavy atom. The van der Waals surface area contributed by atoms with Crippen molar-refractivity contribution in [3.05, 3.63) is 72.3 Å². The summed E-state index contributed by atoms with van der Waals surface area (Å²) in [6.07, 6.45) is -0.769. The van der Waals surface area contributed by atoms with Crippen LogP contribution in [0.1, 0.15) is 5.56 Å². The number of hydrogen-bond donors (Lipinski definition) is 1. The number of benzene rings is 3. The van der Waals surface area contributed by atoms with Crippen molar-refractivity contribution < 1.29 is 19.4 Å². The van der Waals surface area contributed by atoms with Crippen molar-refractivity contribution in [3.8, 4) is 11.5 Å². The minimum absolute atomic E-state index is 0.225. The first-order valence-electron chi connectivity index (χ1n) is 7.68. The van der Waals surface area contributed by atoms with Gasteiger partial charge in [-0.3, -0.25) is 0 Å².